The van der Waals surface area contributed by atoms with Crippen molar-refractivity contribution in [2.45, 2.75) is 0 Å². The number of amidine groups is 1. The van der Waals surface area contributed by atoms with Gasteiger partial charge in [0.2, 0.25) is 0 Å². The molecule has 1 heterocycles. The molecule has 2 aromatic carbocycles. The van der Waals surface area contributed by atoms with Crippen molar-refractivity contribution in [1.29, 1.82) is 0 Å². The van der Waals surface area contributed by atoms with Crippen LogP contribution in [0.25, 0.3) is 0 Å². The van der Waals surface area contributed by atoms with Gasteiger partial charge < -0.3 is 4.74 Å². The first-order chi connectivity index (χ1) is 11.2. The predicted octanol–water partition coefficient (Wildman–Crippen LogP) is 3.70. The molecule has 1 N–H and O–H groups in total. The number of nitrogens with zero attached hydrogens (tertiary/aromatic N) is 2. The van der Waals surface area contributed by atoms with Gasteiger partial charge in [-0.05, 0) is 30.3 Å². The number of hydrazone groups is 1. The molecule has 0 atom stereocenters. The Balaban J connectivity index is 1.80. The number of benzene rings is 2. The van der Waals surface area contributed by atoms with Gasteiger partial charge in [-0.1, -0.05) is 17.8 Å². The van der Waals surface area contributed by atoms with Crippen LogP contribution < -0.4 is 10.2 Å². The maximum atomic E-state index is 13.8. The van der Waals surface area contributed by atoms with Crippen LogP contribution in [0.4, 0.5) is 14.5 Å². The van der Waals surface area contributed by atoms with Crippen molar-refractivity contribution in [3.05, 3.63) is 59.7 Å². The number of hydrogen-bond acceptors (Lipinski definition) is 4. The van der Waals surface area contributed by atoms with Crippen LogP contribution in [-0.2, 0) is 0 Å². The van der Waals surface area contributed by atoms with E-state index in [1.54, 1.807) is 13.2 Å². The van der Waals surface area contributed by atoms with E-state index < -0.39 is 11.6 Å². The fourth-order valence-corrected chi connectivity index (χ4v) is 2.80. The third-order valence-corrected chi connectivity index (χ3v) is 4.03. The van der Waals surface area contributed by atoms with E-state index in [1.165, 1.54) is 11.8 Å². The summed E-state index contributed by atoms with van der Waals surface area (Å²) in [6, 6.07) is 10.6. The average molecular weight is 333 g/mol. The normalized spacial score (nSPS) is 16.0. The third-order valence-electron chi connectivity index (χ3n) is 3.16. The second-order valence-corrected chi connectivity index (χ2v) is 5.67. The highest BCUT2D eigenvalue weighted by Gasteiger charge is 2.17. The van der Waals surface area contributed by atoms with Crippen LogP contribution in [-0.4, -0.2) is 23.7 Å². The number of rotatable bonds is 3. The summed E-state index contributed by atoms with van der Waals surface area (Å²) in [4.78, 5) is 4.41. The lowest BCUT2D eigenvalue weighted by Gasteiger charge is -2.15. The van der Waals surface area contributed by atoms with E-state index in [2.05, 4.69) is 15.5 Å². The maximum absolute atomic E-state index is 13.8. The van der Waals surface area contributed by atoms with Crippen molar-refractivity contribution in [2.24, 2.45) is 10.1 Å². The molecule has 0 unspecified atom stereocenters. The van der Waals surface area contributed by atoms with E-state index in [0.29, 0.717) is 22.4 Å². The van der Waals surface area contributed by atoms with Crippen LogP contribution in [0.15, 0.2) is 52.6 Å². The van der Waals surface area contributed by atoms with E-state index in [4.69, 9.17) is 4.74 Å². The van der Waals surface area contributed by atoms with Crippen molar-refractivity contribution in [1.82, 2.24) is 5.43 Å². The Morgan fingerprint density at radius 2 is 2.09 bits per heavy atom. The molecule has 3 rings (SSSR count). The summed E-state index contributed by atoms with van der Waals surface area (Å²) < 4.78 is 32.1. The van der Waals surface area contributed by atoms with E-state index >= 15 is 0 Å². The van der Waals surface area contributed by atoms with Crippen LogP contribution in [0.3, 0.4) is 0 Å². The molecule has 2 aromatic rings. The van der Waals surface area contributed by atoms with Gasteiger partial charge in [-0.3, -0.25) is 5.43 Å². The average Bonchev–Trinajstić information content (AvgIpc) is 2.58. The Morgan fingerprint density at radius 1 is 1.22 bits per heavy atom. The van der Waals surface area contributed by atoms with Gasteiger partial charge in [0.1, 0.15) is 17.4 Å². The molecule has 0 saturated carbocycles. The summed E-state index contributed by atoms with van der Waals surface area (Å²) in [6.07, 6.45) is 0. The lowest BCUT2D eigenvalue weighted by Crippen LogP contribution is -2.25. The van der Waals surface area contributed by atoms with Crippen molar-refractivity contribution < 1.29 is 13.5 Å². The zero-order valence-electron chi connectivity index (χ0n) is 12.2. The third kappa shape index (κ3) is 3.68. The molecule has 0 aliphatic carbocycles. The standard InChI is InChI=1S/C16H13F2N3OS/c1-22-12-4-2-3-11(8-12)19-16-21-20-15(9-23-16)13-7-10(17)5-6-14(13)18/h2-8H,9H2,1H3,(H,19,21). The minimum Gasteiger partial charge on any atom is -0.497 e. The molecule has 7 heteroatoms. The topological polar surface area (TPSA) is 46.0 Å². The Kier molecular flexibility index (Phi) is 4.57. The Morgan fingerprint density at radius 3 is 2.83 bits per heavy atom. The van der Waals surface area contributed by atoms with Gasteiger partial charge in [0, 0.05) is 17.4 Å². The highest BCUT2D eigenvalue weighted by Crippen LogP contribution is 2.23. The molecular formula is C16H13F2N3OS. The predicted molar refractivity (Wildman–Crippen MR) is 88.6 cm³/mol. The van der Waals surface area contributed by atoms with Crippen molar-refractivity contribution in [3.8, 4) is 5.75 Å². The summed E-state index contributed by atoms with van der Waals surface area (Å²) in [7, 11) is 1.59. The molecule has 0 saturated heterocycles. The van der Waals surface area contributed by atoms with Gasteiger partial charge in [0.15, 0.2) is 5.17 Å². The Labute approximate surface area is 136 Å². The van der Waals surface area contributed by atoms with Gasteiger partial charge >= 0.3 is 0 Å². The number of ether oxygens (including phenoxy) is 1. The minimum atomic E-state index is -0.499. The lowest BCUT2D eigenvalue weighted by molar-refractivity contribution is 0.415. The second kappa shape index (κ2) is 6.78. The summed E-state index contributed by atoms with van der Waals surface area (Å²) in [5, 5.41) is 4.68. The van der Waals surface area contributed by atoms with Gasteiger partial charge in [-0.25, -0.2) is 13.8 Å². The maximum Gasteiger partial charge on any atom is 0.182 e. The minimum absolute atomic E-state index is 0.158. The molecule has 0 fully saturated rings. The molecule has 4 nitrogen and oxygen atoms in total. The zero-order valence-corrected chi connectivity index (χ0v) is 13.0. The SMILES string of the molecule is COc1cccc(N=C2NN=C(c3cc(F)ccc3F)CS2)c1. The van der Waals surface area contributed by atoms with Crippen LogP contribution in [0, 0.1) is 11.6 Å². The summed E-state index contributed by atoms with van der Waals surface area (Å²) in [5.41, 5.74) is 4.09. The van der Waals surface area contributed by atoms with Crippen LogP contribution in [0.5, 0.6) is 5.75 Å². The molecule has 0 aromatic heterocycles. The number of thioether (sulfide) groups is 1. The molecule has 0 radical (unpaired) electrons. The number of methoxy groups -OCH3 is 1. The van der Waals surface area contributed by atoms with Crippen LogP contribution in [0.2, 0.25) is 0 Å². The molecule has 1 aliphatic rings. The molecule has 0 bridgehead atoms. The summed E-state index contributed by atoms with van der Waals surface area (Å²) in [6.45, 7) is 0. The van der Waals surface area contributed by atoms with E-state index in [-0.39, 0.29) is 5.56 Å². The number of hydrogen-bond donors (Lipinski definition) is 1. The first-order valence-corrected chi connectivity index (χ1v) is 7.78. The monoisotopic (exact) mass is 333 g/mol. The van der Waals surface area contributed by atoms with Gasteiger partial charge in [0.05, 0.1) is 18.5 Å². The van der Waals surface area contributed by atoms with Crippen LogP contribution >= 0.6 is 11.8 Å². The second-order valence-electron chi connectivity index (χ2n) is 4.70. The molecular weight excluding hydrogens is 320 g/mol. The van der Waals surface area contributed by atoms with Crippen molar-refractivity contribution in [3.63, 3.8) is 0 Å². The lowest BCUT2D eigenvalue weighted by atomic mass is 10.1. The largest absolute Gasteiger partial charge is 0.497 e. The molecule has 1 aliphatic heterocycles. The van der Waals surface area contributed by atoms with E-state index in [9.17, 15) is 8.78 Å². The smallest absolute Gasteiger partial charge is 0.182 e. The van der Waals surface area contributed by atoms with Crippen LogP contribution in [0.1, 0.15) is 5.56 Å². The molecule has 0 spiro atoms. The van der Waals surface area contributed by atoms with E-state index in [0.717, 1.165) is 23.9 Å². The van der Waals surface area contributed by atoms with Gasteiger partial charge in [-0.15, -0.1) is 0 Å². The quantitative estimate of drug-likeness (QED) is 0.931. The Bertz CT molecular complexity index is 793. The molecule has 23 heavy (non-hydrogen) atoms. The molecule has 0 amide bonds. The van der Waals surface area contributed by atoms with Crippen molar-refractivity contribution in [2.75, 3.05) is 12.9 Å². The summed E-state index contributed by atoms with van der Waals surface area (Å²) >= 11 is 1.37. The van der Waals surface area contributed by atoms with Gasteiger partial charge in [-0.2, -0.15) is 5.10 Å². The highest BCUT2D eigenvalue weighted by atomic mass is 32.2. The first kappa shape index (κ1) is 15.5. The van der Waals surface area contributed by atoms with E-state index in [1.807, 2.05) is 18.2 Å². The number of nitrogens with one attached hydrogen (secondary N) is 1. The first-order valence-electron chi connectivity index (χ1n) is 6.79. The number of aliphatic imine (C=N–C) groups is 1. The van der Waals surface area contributed by atoms with Crippen molar-refractivity contribution >= 4 is 28.3 Å². The summed E-state index contributed by atoms with van der Waals surface area (Å²) in [5.74, 6) is 0.111. The zero-order chi connectivity index (χ0) is 16.2. The fraction of sp³-hybridized carbons (Fsp3) is 0.125. The Hall–Kier alpha value is -2.41. The number of halogens is 2. The fourth-order valence-electron chi connectivity index (χ4n) is 2.03. The molecule has 118 valence electrons. The van der Waals surface area contributed by atoms with Gasteiger partial charge in [0.25, 0.3) is 0 Å². The highest BCUT2D eigenvalue weighted by molar-refractivity contribution is 8.14.